The Labute approximate surface area is 195 Å². The van der Waals surface area contributed by atoms with Gasteiger partial charge in [0.15, 0.2) is 0 Å². The number of hydrogen-bond acceptors (Lipinski definition) is 5. The van der Waals surface area contributed by atoms with Gasteiger partial charge in [-0.3, -0.25) is 14.4 Å². The van der Waals surface area contributed by atoms with Crippen LogP contribution in [0.5, 0.6) is 5.75 Å². The molecule has 1 aromatic rings. The fourth-order valence-corrected chi connectivity index (χ4v) is 5.12. The Bertz CT molecular complexity index is 883. The predicted molar refractivity (Wildman–Crippen MR) is 124 cm³/mol. The van der Waals surface area contributed by atoms with Crippen LogP contribution in [0.2, 0.25) is 0 Å². The summed E-state index contributed by atoms with van der Waals surface area (Å²) in [6, 6.07) is 5.32. The van der Waals surface area contributed by atoms with Crippen molar-refractivity contribution >= 4 is 23.4 Å². The third kappa shape index (κ3) is 5.66. The second-order valence-electron chi connectivity index (χ2n) is 9.43. The lowest BCUT2D eigenvalue weighted by atomic mass is 9.94. The molecule has 33 heavy (non-hydrogen) atoms. The summed E-state index contributed by atoms with van der Waals surface area (Å²) in [4.78, 5) is 39.4. The molecule has 2 heterocycles. The molecule has 180 valence electrons. The number of anilines is 1. The number of likely N-dealkylation sites (N-methyl/N-ethyl adjacent to an activating group) is 1. The SMILES string of the molecule is CCCC(=O)Nc1ccc2c(c1)C(=O)N(C)[C@@H]1CC[C@@H](CC(=O)NC3CCCC3)O[C@H]1CO2. The summed E-state index contributed by atoms with van der Waals surface area (Å²) in [5.74, 6) is 0.286. The second-order valence-corrected chi connectivity index (χ2v) is 9.43. The van der Waals surface area contributed by atoms with Gasteiger partial charge >= 0.3 is 0 Å². The van der Waals surface area contributed by atoms with E-state index in [1.807, 2.05) is 6.92 Å². The molecule has 4 rings (SSSR count). The quantitative estimate of drug-likeness (QED) is 0.684. The van der Waals surface area contributed by atoms with Crippen molar-refractivity contribution in [1.29, 1.82) is 0 Å². The largest absolute Gasteiger partial charge is 0.490 e. The van der Waals surface area contributed by atoms with E-state index in [0.29, 0.717) is 42.5 Å². The standard InChI is InChI=1S/C25H35N3O5/c1-3-6-23(29)27-17-9-12-21-19(13-17)25(31)28(2)20-11-10-18(33-22(20)15-32-21)14-24(30)26-16-7-4-5-8-16/h9,12-13,16,18,20,22H,3-8,10-11,14-15H2,1-2H3,(H,26,30)(H,27,29)/t18-,20+,22-/m0/s1. The smallest absolute Gasteiger partial charge is 0.257 e. The van der Waals surface area contributed by atoms with Crippen LogP contribution in [0.25, 0.3) is 0 Å². The molecule has 1 saturated carbocycles. The molecule has 0 spiro atoms. The second kappa shape index (κ2) is 10.5. The lowest BCUT2D eigenvalue weighted by Crippen LogP contribution is -2.54. The minimum absolute atomic E-state index is 0.0459. The van der Waals surface area contributed by atoms with Gasteiger partial charge in [-0.25, -0.2) is 0 Å². The number of amides is 3. The summed E-state index contributed by atoms with van der Waals surface area (Å²) in [5.41, 5.74) is 1.02. The molecule has 2 aliphatic heterocycles. The van der Waals surface area contributed by atoms with Crippen LogP contribution < -0.4 is 15.4 Å². The maximum Gasteiger partial charge on any atom is 0.257 e. The van der Waals surface area contributed by atoms with Gasteiger partial charge in [-0.2, -0.15) is 0 Å². The van der Waals surface area contributed by atoms with Gasteiger partial charge in [-0.1, -0.05) is 19.8 Å². The van der Waals surface area contributed by atoms with E-state index < -0.39 is 0 Å². The van der Waals surface area contributed by atoms with E-state index >= 15 is 0 Å². The van der Waals surface area contributed by atoms with E-state index in [1.165, 1.54) is 12.8 Å². The predicted octanol–water partition coefficient (Wildman–Crippen LogP) is 3.25. The number of ether oxygens (including phenoxy) is 2. The Morgan fingerprint density at radius 3 is 2.67 bits per heavy atom. The lowest BCUT2D eigenvalue weighted by molar-refractivity contribution is -0.134. The van der Waals surface area contributed by atoms with Crippen molar-refractivity contribution in [2.75, 3.05) is 19.0 Å². The van der Waals surface area contributed by atoms with E-state index in [9.17, 15) is 14.4 Å². The highest BCUT2D eigenvalue weighted by atomic mass is 16.5. The average Bonchev–Trinajstić information content (AvgIpc) is 3.29. The Morgan fingerprint density at radius 2 is 1.91 bits per heavy atom. The molecule has 1 aromatic carbocycles. The number of rotatable bonds is 6. The van der Waals surface area contributed by atoms with Gasteiger partial charge in [-0.15, -0.1) is 0 Å². The molecule has 2 fully saturated rings. The molecule has 3 atom stereocenters. The van der Waals surface area contributed by atoms with Gasteiger partial charge in [0.25, 0.3) is 5.91 Å². The lowest BCUT2D eigenvalue weighted by Gasteiger charge is -2.42. The molecule has 8 nitrogen and oxygen atoms in total. The Balaban J connectivity index is 1.41. The van der Waals surface area contributed by atoms with Crippen molar-refractivity contribution in [2.45, 2.75) is 89.0 Å². The van der Waals surface area contributed by atoms with E-state index in [4.69, 9.17) is 9.47 Å². The first-order valence-corrected chi connectivity index (χ1v) is 12.2. The highest BCUT2D eigenvalue weighted by Crippen LogP contribution is 2.32. The molecule has 8 heteroatoms. The topological polar surface area (TPSA) is 97.0 Å². The molecule has 1 aliphatic carbocycles. The molecular formula is C25H35N3O5. The molecule has 3 amide bonds. The fraction of sp³-hybridized carbons (Fsp3) is 0.640. The maximum absolute atomic E-state index is 13.3. The van der Waals surface area contributed by atoms with Crippen molar-refractivity contribution < 1.29 is 23.9 Å². The van der Waals surface area contributed by atoms with Gasteiger partial charge < -0.3 is 25.0 Å². The first-order valence-electron chi connectivity index (χ1n) is 12.2. The first-order chi connectivity index (χ1) is 15.9. The summed E-state index contributed by atoms with van der Waals surface area (Å²) < 4.78 is 12.3. The molecule has 1 saturated heterocycles. The molecule has 3 aliphatic rings. The highest BCUT2D eigenvalue weighted by Gasteiger charge is 2.39. The third-order valence-electron chi connectivity index (χ3n) is 6.91. The van der Waals surface area contributed by atoms with Crippen LogP contribution in [0.15, 0.2) is 18.2 Å². The molecule has 0 aromatic heterocycles. The van der Waals surface area contributed by atoms with Crippen LogP contribution in [0.1, 0.15) is 75.1 Å². The normalized spacial score (nSPS) is 25.3. The van der Waals surface area contributed by atoms with E-state index in [2.05, 4.69) is 10.6 Å². The van der Waals surface area contributed by atoms with E-state index in [0.717, 1.165) is 32.1 Å². The number of hydrogen-bond donors (Lipinski definition) is 2. The molecular weight excluding hydrogens is 422 g/mol. The van der Waals surface area contributed by atoms with Gasteiger partial charge in [0.05, 0.1) is 24.1 Å². The van der Waals surface area contributed by atoms with Crippen molar-refractivity contribution in [3.63, 3.8) is 0 Å². The summed E-state index contributed by atoms with van der Waals surface area (Å²) in [7, 11) is 1.79. The Morgan fingerprint density at radius 1 is 1.12 bits per heavy atom. The van der Waals surface area contributed by atoms with E-state index in [-0.39, 0.29) is 36.0 Å². The average molecular weight is 458 g/mol. The number of fused-ring (bicyclic) bond motifs is 2. The summed E-state index contributed by atoms with van der Waals surface area (Å²) in [6.07, 6.45) is 7.02. The minimum atomic E-state index is -0.297. The van der Waals surface area contributed by atoms with Crippen molar-refractivity contribution in [3.05, 3.63) is 23.8 Å². The first kappa shape index (κ1) is 23.5. The third-order valence-corrected chi connectivity index (χ3v) is 6.91. The van der Waals surface area contributed by atoms with Crippen LogP contribution >= 0.6 is 0 Å². The number of carbonyl (C=O) groups excluding carboxylic acids is 3. The summed E-state index contributed by atoms with van der Waals surface area (Å²) in [5, 5.41) is 5.97. The monoisotopic (exact) mass is 457 g/mol. The maximum atomic E-state index is 13.3. The Hall–Kier alpha value is -2.61. The zero-order chi connectivity index (χ0) is 23.4. The van der Waals surface area contributed by atoms with Crippen molar-refractivity contribution in [2.24, 2.45) is 0 Å². The van der Waals surface area contributed by atoms with Gasteiger partial charge in [0, 0.05) is 25.2 Å². The summed E-state index contributed by atoms with van der Waals surface area (Å²) in [6.45, 7) is 2.25. The number of benzene rings is 1. The van der Waals surface area contributed by atoms with Crippen LogP contribution in [0, 0.1) is 0 Å². The summed E-state index contributed by atoms with van der Waals surface area (Å²) >= 11 is 0. The Kier molecular flexibility index (Phi) is 7.53. The highest BCUT2D eigenvalue weighted by molar-refractivity contribution is 5.99. The molecule has 0 unspecified atom stereocenters. The molecule has 0 bridgehead atoms. The number of nitrogens with one attached hydrogen (secondary N) is 2. The van der Waals surface area contributed by atoms with Crippen molar-refractivity contribution in [3.8, 4) is 5.75 Å². The fourth-order valence-electron chi connectivity index (χ4n) is 5.12. The number of carbonyl (C=O) groups is 3. The van der Waals surface area contributed by atoms with Crippen LogP contribution in [0.3, 0.4) is 0 Å². The van der Waals surface area contributed by atoms with Crippen LogP contribution in [-0.4, -0.2) is 60.6 Å². The van der Waals surface area contributed by atoms with Gasteiger partial charge in [0.1, 0.15) is 18.5 Å². The number of nitrogens with zero attached hydrogens (tertiary/aromatic N) is 1. The minimum Gasteiger partial charge on any atom is -0.490 e. The van der Waals surface area contributed by atoms with Crippen LogP contribution in [0.4, 0.5) is 5.69 Å². The zero-order valence-corrected chi connectivity index (χ0v) is 19.6. The van der Waals surface area contributed by atoms with Crippen LogP contribution in [-0.2, 0) is 14.3 Å². The van der Waals surface area contributed by atoms with Gasteiger partial charge in [-0.05, 0) is 50.3 Å². The zero-order valence-electron chi connectivity index (χ0n) is 19.6. The molecule has 0 radical (unpaired) electrons. The van der Waals surface area contributed by atoms with E-state index in [1.54, 1.807) is 30.1 Å². The van der Waals surface area contributed by atoms with Gasteiger partial charge in [0.2, 0.25) is 11.8 Å². The molecule has 2 N–H and O–H groups in total. The van der Waals surface area contributed by atoms with Crippen molar-refractivity contribution in [1.82, 2.24) is 10.2 Å².